The lowest BCUT2D eigenvalue weighted by molar-refractivity contribution is -0.132. The number of carbonyl (C=O) groups excluding carboxylic acids is 1. The van der Waals surface area contributed by atoms with Crippen molar-refractivity contribution in [3.8, 4) is 5.75 Å². The first-order chi connectivity index (χ1) is 10.5. The third-order valence-electron chi connectivity index (χ3n) is 3.47. The molecule has 0 aliphatic heterocycles. The van der Waals surface area contributed by atoms with Crippen molar-refractivity contribution >= 4 is 28.5 Å². The van der Waals surface area contributed by atoms with Gasteiger partial charge in [-0.15, -0.1) is 0 Å². The van der Waals surface area contributed by atoms with Crippen LogP contribution in [0, 0.1) is 6.92 Å². The standard InChI is InChI=1S/C16H18ClNO4/c1-4-18(5-2)15(19)9-21-14-8-13-11(7-12(14)17)10(3)6-16(20)22-13/h6-8H,4-5,9H2,1-3H3. The maximum Gasteiger partial charge on any atom is 0.336 e. The summed E-state index contributed by atoms with van der Waals surface area (Å²) in [5.74, 6) is 0.204. The number of amides is 1. The van der Waals surface area contributed by atoms with E-state index in [9.17, 15) is 9.59 Å². The molecule has 0 fully saturated rings. The lowest BCUT2D eigenvalue weighted by atomic mass is 10.1. The van der Waals surface area contributed by atoms with Gasteiger partial charge in [0.15, 0.2) is 6.61 Å². The van der Waals surface area contributed by atoms with Gasteiger partial charge >= 0.3 is 5.63 Å². The Morgan fingerprint density at radius 3 is 2.59 bits per heavy atom. The number of hydrogen-bond acceptors (Lipinski definition) is 4. The Morgan fingerprint density at radius 1 is 1.27 bits per heavy atom. The lowest BCUT2D eigenvalue weighted by Crippen LogP contribution is -2.34. The molecule has 1 amide bonds. The molecule has 0 saturated heterocycles. The van der Waals surface area contributed by atoms with E-state index in [1.807, 2.05) is 13.8 Å². The molecule has 5 nitrogen and oxygen atoms in total. The molecule has 1 aromatic heterocycles. The summed E-state index contributed by atoms with van der Waals surface area (Å²) in [7, 11) is 0. The van der Waals surface area contributed by atoms with Crippen molar-refractivity contribution < 1.29 is 13.9 Å². The van der Waals surface area contributed by atoms with Crippen LogP contribution in [0.2, 0.25) is 5.02 Å². The first-order valence-corrected chi connectivity index (χ1v) is 7.48. The Bertz CT molecular complexity index is 750. The topological polar surface area (TPSA) is 59.8 Å². The molecule has 1 aromatic carbocycles. The highest BCUT2D eigenvalue weighted by Gasteiger charge is 2.13. The molecule has 2 aromatic rings. The SMILES string of the molecule is CCN(CC)C(=O)COc1cc2oc(=O)cc(C)c2cc1Cl. The molecule has 0 unspecified atom stereocenters. The van der Waals surface area contributed by atoms with Crippen LogP contribution >= 0.6 is 11.6 Å². The van der Waals surface area contributed by atoms with Gasteiger partial charge in [-0.1, -0.05) is 11.6 Å². The summed E-state index contributed by atoms with van der Waals surface area (Å²) in [6.45, 7) is 6.75. The van der Waals surface area contributed by atoms with E-state index < -0.39 is 5.63 Å². The summed E-state index contributed by atoms with van der Waals surface area (Å²) in [6, 6.07) is 4.62. The highest BCUT2D eigenvalue weighted by atomic mass is 35.5. The van der Waals surface area contributed by atoms with Crippen LogP contribution in [0.4, 0.5) is 0 Å². The van der Waals surface area contributed by atoms with Gasteiger partial charge in [0.1, 0.15) is 11.3 Å². The zero-order valence-corrected chi connectivity index (χ0v) is 13.6. The molecule has 22 heavy (non-hydrogen) atoms. The number of aryl methyl sites for hydroxylation is 1. The fraction of sp³-hybridized carbons (Fsp3) is 0.375. The van der Waals surface area contributed by atoms with Crippen molar-refractivity contribution in [3.63, 3.8) is 0 Å². The van der Waals surface area contributed by atoms with Gasteiger partial charge in [0, 0.05) is 30.6 Å². The number of halogens is 1. The van der Waals surface area contributed by atoms with E-state index >= 15 is 0 Å². The second-order valence-electron chi connectivity index (χ2n) is 4.88. The Labute approximate surface area is 133 Å². The molecule has 6 heteroatoms. The van der Waals surface area contributed by atoms with Crippen LogP contribution in [-0.4, -0.2) is 30.5 Å². The Kier molecular flexibility index (Phi) is 5.08. The number of nitrogens with zero attached hydrogens (tertiary/aromatic N) is 1. The first-order valence-electron chi connectivity index (χ1n) is 7.10. The molecule has 0 aliphatic carbocycles. The Balaban J connectivity index is 2.27. The highest BCUT2D eigenvalue weighted by Crippen LogP contribution is 2.30. The zero-order chi connectivity index (χ0) is 16.3. The molecule has 0 N–H and O–H groups in total. The number of carbonyl (C=O) groups is 1. The normalized spacial score (nSPS) is 10.7. The van der Waals surface area contributed by atoms with Crippen molar-refractivity contribution in [3.05, 3.63) is 39.2 Å². The minimum absolute atomic E-state index is 0.108. The van der Waals surface area contributed by atoms with E-state index in [1.165, 1.54) is 6.07 Å². The Morgan fingerprint density at radius 2 is 1.95 bits per heavy atom. The molecule has 1 heterocycles. The smallest absolute Gasteiger partial charge is 0.336 e. The van der Waals surface area contributed by atoms with Gasteiger partial charge in [0.2, 0.25) is 0 Å². The third-order valence-corrected chi connectivity index (χ3v) is 3.77. The van der Waals surface area contributed by atoms with Crippen molar-refractivity contribution in [1.82, 2.24) is 4.90 Å². The molecular formula is C16H18ClNO4. The molecule has 0 radical (unpaired) electrons. The summed E-state index contributed by atoms with van der Waals surface area (Å²) in [6.07, 6.45) is 0. The minimum atomic E-state index is -0.433. The van der Waals surface area contributed by atoms with Crippen LogP contribution in [0.15, 0.2) is 27.4 Å². The van der Waals surface area contributed by atoms with Crippen molar-refractivity contribution in [2.45, 2.75) is 20.8 Å². The van der Waals surface area contributed by atoms with E-state index in [0.29, 0.717) is 29.4 Å². The molecule has 2 rings (SSSR count). The predicted molar refractivity (Wildman–Crippen MR) is 85.7 cm³/mol. The minimum Gasteiger partial charge on any atom is -0.482 e. The number of hydrogen-bond donors (Lipinski definition) is 0. The van der Waals surface area contributed by atoms with Gasteiger partial charge in [-0.25, -0.2) is 4.79 Å². The van der Waals surface area contributed by atoms with Crippen molar-refractivity contribution in [1.29, 1.82) is 0 Å². The summed E-state index contributed by atoms with van der Waals surface area (Å²) in [5, 5.41) is 1.11. The molecule has 0 bridgehead atoms. The fourth-order valence-electron chi connectivity index (χ4n) is 2.24. The van der Waals surface area contributed by atoms with Crippen LogP contribution in [0.3, 0.4) is 0 Å². The number of benzene rings is 1. The van der Waals surface area contributed by atoms with Gasteiger partial charge in [0.25, 0.3) is 5.91 Å². The zero-order valence-electron chi connectivity index (χ0n) is 12.8. The van der Waals surface area contributed by atoms with E-state index in [2.05, 4.69) is 0 Å². The van der Waals surface area contributed by atoms with Crippen LogP contribution in [0.5, 0.6) is 5.75 Å². The van der Waals surface area contributed by atoms with E-state index in [1.54, 1.807) is 24.0 Å². The Hall–Kier alpha value is -2.01. The monoisotopic (exact) mass is 323 g/mol. The molecule has 0 saturated carbocycles. The average Bonchev–Trinajstić information content (AvgIpc) is 2.47. The van der Waals surface area contributed by atoms with E-state index in [0.717, 1.165) is 10.9 Å². The lowest BCUT2D eigenvalue weighted by Gasteiger charge is -2.19. The fourth-order valence-corrected chi connectivity index (χ4v) is 2.46. The van der Waals surface area contributed by atoms with Crippen LogP contribution in [0.1, 0.15) is 19.4 Å². The van der Waals surface area contributed by atoms with Gasteiger partial charge in [-0.05, 0) is 32.4 Å². The quantitative estimate of drug-likeness (QED) is 0.794. The average molecular weight is 324 g/mol. The number of ether oxygens (including phenoxy) is 1. The molecule has 118 valence electrons. The molecule has 0 atom stereocenters. The summed E-state index contributed by atoms with van der Waals surface area (Å²) in [5.41, 5.74) is 0.732. The van der Waals surface area contributed by atoms with E-state index in [-0.39, 0.29) is 12.5 Å². The predicted octanol–water partition coefficient (Wildman–Crippen LogP) is 3.00. The van der Waals surface area contributed by atoms with Gasteiger partial charge in [-0.3, -0.25) is 4.79 Å². The van der Waals surface area contributed by atoms with Crippen molar-refractivity contribution in [2.24, 2.45) is 0 Å². The first kappa shape index (κ1) is 16.4. The largest absolute Gasteiger partial charge is 0.482 e. The van der Waals surface area contributed by atoms with Gasteiger partial charge in [-0.2, -0.15) is 0 Å². The number of likely N-dealkylation sites (N-methyl/N-ethyl adjacent to an activating group) is 1. The second kappa shape index (κ2) is 6.83. The second-order valence-corrected chi connectivity index (χ2v) is 5.29. The van der Waals surface area contributed by atoms with Crippen LogP contribution in [0.25, 0.3) is 11.0 Å². The maximum absolute atomic E-state index is 11.9. The van der Waals surface area contributed by atoms with Gasteiger partial charge in [0.05, 0.1) is 5.02 Å². The van der Waals surface area contributed by atoms with Crippen LogP contribution in [-0.2, 0) is 4.79 Å². The molecule has 0 aliphatic rings. The molecule has 0 spiro atoms. The summed E-state index contributed by atoms with van der Waals surface area (Å²) < 4.78 is 10.6. The van der Waals surface area contributed by atoms with Crippen LogP contribution < -0.4 is 10.4 Å². The summed E-state index contributed by atoms with van der Waals surface area (Å²) in [4.78, 5) is 25.0. The summed E-state index contributed by atoms with van der Waals surface area (Å²) >= 11 is 6.18. The van der Waals surface area contributed by atoms with Crippen molar-refractivity contribution in [2.75, 3.05) is 19.7 Å². The highest BCUT2D eigenvalue weighted by molar-refractivity contribution is 6.32. The number of fused-ring (bicyclic) bond motifs is 1. The van der Waals surface area contributed by atoms with Gasteiger partial charge < -0.3 is 14.1 Å². The molecular weight excluding hydrogens is 306 g/mol. The van der Waals surface area contributed by atoms with E-state index in [4.69, 9.17) is 20.8 Å². The maximum atomic E-state index is 11.9. The number of rotatable bonds is 5. The third kappa shape index (κ3) is 3.42.